The van der Waals surface area contributed by atoms with Crippen LogP contribution in [0.4, 0.5) is 13.2 Å². The Labute approximate surface area is 90.8 Å². The number of alkyl halides is 3. The standard InChI is InChI=1S/C9H13F3N4/c1-2-7-15-3-4-16(7)5-6(8(13)14)9(10,11)12/h3-4,6H,2,5H2,1H3,(H3,13,14). The van der Waals surface area contributed by atoms with Gasteiger partial charge in [0.2, 0.25) is 0 Å². The van der Waals surface area contributed by atoms with E-state index in [1.165, 1.54) is 17.0 Å². The zero-order chi connectivity index (χ0) is 12.3. The molecule has 7 heteroatoms. The van der Waals surface area contributed by atoms with Crippen molar-refractivity contribution in [3.05, 3.63) is 18.2 Å². The van der Waals surface area contributed by atoms with E-state index in [1.54, 1.807) is 6.92 Å². The third kappa shape index (κ3) is 2.74. The van der Waals surface area contributed by atoms with Gasteiger partial charge in [0.05, 0.1) is 0 Å². The van der Waals surface area contributed by atoms with Crippen molar-refractivity contribution < 1.29 is 13.2 Å². The highest BCUT2D eigenvalue weighted by atomic mass is 19.4. The quantitative estimate of drug-likeness (QED) is 0.613. The molecule has 1 heterocycles. The minimum Gasteiger partial charge on any atom is -0.387 e. The number of hydrogen-bond donors (Lipinski definition) is 2. The number of halogens is 3. The molecule has 0 aliphatic rings. The van der Waals surface area contributed by atoms with E-state index in [9.17, 15) is 13.2 Å². The average Bonchev–Trinajstić information content (AvgIpc) is 2.58. The van der Waals surface area contributed by atoms with Crippen LogP contribution >= 0.6 is 0 Å². The number of amidine groups is 1. The van der Waals surface area contributed by atoms with Gasteiger partial charge < -0.3 is 10.3 Å². The van der Waals surface area contributed by atoms with Gasteiger partial charge >= 0.3 is 6.18 Å². The molecule has 3 N–H and O–H groups in total. The minimum atomic E-state index is -4.50. The van der Waals surface area contributed by atoms with Crippen molar-refractivity contribution >= 4 is 5.84 Å². The van der Waals surface area contributed by atoms with Crippen molar-refractivity contribution in [2.45, 2.75) is 26.1 Å². The maximum Gasteiger partial charge on any atom is 0.400 e. The van der Waals surface area contributed by atoms with E-state index < -0.39 is 17.9 Å². The topological polar surface area (TPSA) is 67.7 Å². The molecule has 1 atom stereocenters. The molecule has 1 aromatic rings. The number of nitrogens with one attached hydrogen (secondary N) is 1. The summed E-state index contributed by atoms with van der Waals surface area (Å²) in [6.45, 7) is 1.41. The highest BCUT2D eigenvalue weighted by Crippen LogP contribution is 2.27. The minimum absolute atomic E-state index is 0.387. The first kappa shape index (κ1) is 12.5. The second kappa shape index (κ2) is 4.54. The van der Waals surface area contributed by atoms with Crippen LogP contribution in [0.5, 0.6) is 0 Å². The predicted octanol–water partition coefficient (Wildman–Crippen LogP) is 1.56. The molecule has 1 rings (SSSR count). The van der Waals surface area contributed by atoms with Crippen molar-refractivity contribution in [1.29, 1.82) is 5.41 Å². The molecule has 0 saturated carbocycles. The SMILES string of the molecule is CCc1nccn1CC(C(=N)N)C(F)(F)F. The van der Waals surface area contributed by atoms with Crippen LogP contribution in [0.2, 0.25) is 0 Å². The molecule has 0 fully saturated rings. The van der Waals surface area contributed by atoms with Crippen molar-refractivity contribution in [2.75, 3.05) is 0 Å². The molecule has 0 radical (unpaired) electrons. The van der Waals surface area contributed by atoms with Crippen molar-refractivity contribution in [3.8, 4) is 0 Å². The van der Waals surface area contributed by atoms with E-state index in [0.29, 0.717) is 12.2 Å². The number of nitrogens with two attached hydrogens (primary N) is 1. The van der Waals surface area contributed by atoms with Crippen LogP contribution in [-0.2, 0) is 13.0 Å². The normalized spacial score (nSPS) is 13.8. The largest absolute Gasteiger partial charge is 0.400 e. The summed E-state index contributed by atoms with van der Waals surface area (Å²) in [7, 11) is 0. The van der Waals surface area contributed by atoms with Crippen LogP contribution in [-0.4, -0.2) is 21.6 Å². The summed E-state index contributed by atoms with van der Waals surface area (Å²) in [6.07, 6.45) is -1.07. The lowest BCUT2D eigenvalue weighted by atomic mass is 10.1. The first-order chi connectivity index (χ1) is 7.36. The Hall–Kier alpha value is -1.53. The Morgan fingerprint density at radius 1 is 1.62 bits per heavy atom. The summed E-state index contributed by atoms with van der Waals surface area (Å²) in [6, 6.07) is 0. The second-order valence-electron chi connectivity index (χ2n) is 3.40. The number of aryl methyl sites for hydroxylation is 1. The molecule has 0 aliphatic heterocycles. The fourth-order valence-corrected chi connectivity index (χ4v) is 1.40. The lowest BCUT2D eigenvalue weighted by Gasteiger charge is -2.20. The maximum atomic E-state index is 12.5. The van der Waals surface area contributed by atoms with Gasteiger partial charge in [-0.15, -0.1) is 0 Å². The molecule has 0 saturated heterocycles. The highest BCUT2D eigenvalue weighted by molar-refractivity contribution is 5.80. The Morgan fingerprint density at radius 3 is 2.69 bits per heavy atom. The van der Waals surface area contributed by atoms with Gasteiger partial charge in [0.1, 0.15) is 17.6 Å². The van der Waals surface area contributed by atoms with Gasteiger partial charge in [-0.05, 0) is 0 Å². The first-order valence-electron chi connectivity index (χ1n) is 4.77. The van der Waals surface area contributed by atoms with Crippen LogP contribution in [0.15, 0.2) is 12.4 Å². The fourth-order valence-electron chi connectivity index (χ4n) is 1.40. The van der Waals surface area contributed by atoms with Gasteiger partial charge in [0, 0.05) is 25.4 Å². The fraction of sp³-hybridized carbons (Fsp3) is 0.556. The average molecular weight is 234 g/mol. The summed E-state index contributed by atoms with van der Waals surface area (Å²) in [5.41, 5.74) is 4.96. The van der Waals surface area contributed by atoms with Gasteiger partial charge in [-0.25, -0.2) is 4.98 Å². The summed E-state index contributed by atoms with van der Waals surface area (Å²) in [5, 5.41) is 6.96. The van der Waals surface area contributed by atoms with Gasteiger partial charge in [0.15, 0.2) is 0 Å². The van der Waals surface area contributed by atoms with E-state index in [1.807, 2.05) is 0 Å². The van der Waals surface area contributed by atoms with E-state index in [2.05, 4.69) is 4.98 Å². The lowest BCUT2D eigenvalue weighted by Crippen LogP contribution is -2.38. The summed E-state index contributed by atoms with van der Waals surface area (Å²) in [4.78, 5) is 3.91. The van der Waals surface area contributed by atoms with E-state index in [4.69, 9.17) is 11.1 Å². The van der Waals surface area contributed by atoms with Crippen molar-refractivity contribution in [3.63, 3.8) is 0 Å². The third-order valence-electron chi connectivity index (χ3n) is 2.27. The first-order valence-corrected chi connectivity index (χ1v) is 4.77. The molecular formula is C9H13F3N4. The number of aromatic nitrogens is 2. The highest BCUT2D eigenvalue weighted by Gasteiger charge is 2.42. The molecule has 1 unspecified atom stereocenters. The molecule has 0 aromatic carbocycles. The van der Waals surface area contributed by atoms with Crippen LogP contribution in [0.1, 0.15) is 12.7 Å². The van der Waals surface area contributed by atoms with Crippen LogP contribution in [0.25, 0.3) is 0 Å². The molecule has 0 aliphatic carbocycles. The van der Waals surface area contributed by atoms with Gasteiger partial charge in [-0.2, -0.15) is 13.2 Å². The summed E-state index contributed by atoms with van der Waals surface area (Å²) in [5.74, 6) is -2.27. The molecule has 4 nitrogen and oxygen atoms in total. The molecule has 90 valence electrons. The number of imidazole rings is 1. The van der Waals surface area contributed by atoms with Crippen LogP contribution in [0.3, 0.4) is 0 Å². The predicted molar refractivity (Wildman–Crippen MR) is 53.1 cm³/mol. The lowest BCUT2D eigenvalue weighted by molar-refractivity contribution is -0.158. The zero-order valence-electron chi connectivity index (χ0n) is 8.75. The van der Waals surface area contributed by atoms with E-state index in [-0.39, 0.29) is 6.54 Å². The summed E-state index contributed by atoms with van der Waals surface area (Å²) >= 11 is 0. The van der Waals surface area contributed by atoms with Crippen molar-refractivity contribution in [1.82, 2.24) is 9.55 Å². The second-order valence-corrected chi connectivity index (χ2v) is 3.40. The van der Waals surface area contributed by atoms with Gasteiger partial charge in [-0.1, -0.05) is 6.92 Å². The molecule has 16 heavy (non-hydrogen) atoms. The number of nitrogens with zero attached hydrogens (tertiary/aromatic N) is 2. The Balaban J connectivity index is 2.89. The molecule has 0 bridgehead atoms. The summed E-state index contributed by atoms with van der Waals surface area (Å²) < 4.78 is 39.0. The van der Waals surface area contributed by atoms with Crippen molar-refractivity contribution in [2.24, 2.45) is 11.7 Å². The Morgan fingerprint density at radius 2 is 2.25 bits per heavy atom. The molecular weight excluding hydrogens is 221 g/mol. The Bertz CT molecular complexity index is 369. The Kier molecular flexibility index (Phi) is 3.56. The maximum absolute atomic E-state index is 12.5. The van der Waals surface area contributed by atoms with Crippen LogP contribution in [0, 0.1) is 11.3 Å². The van der Waals surface area contributed by atoms with E-state index in [0.717, 1.165) is 0 Å². The monoisotopic (exact) mass is 234 g/mol. The number of hydrogen-bond acceptors (Lipinski definition) is 2. The smallest absolute Gasteiger partial charge is 0.387 e. The van der Waals surface area contributed by atoms with Gasteiger partial charge in [0.25, 0.3) is 0 Å². The van der Waals surface area contributed by atoms with Gasteiger partial charge in [-0.3, -0.25) is 5.41 Å². The molecule has 0 spiro atoms. The number of rotatable bonds is 4. The van der Waals surface area contributed by atoms with E-state index >= 15 is 0 Å². The molecule has 1 aromatic heterocycles. The zero-order valence-corrected chi connectivity index (χ0v) is 8.75. The van der Waals surface area contributed by atoms with Crippen LogP contribution < -0.4 is 5.73 Å². The third-order valence-corrected chi connectivity index (χ3v) is 2.27. The molecule has 0 amide bonds.